The summed E-state index contributed by atoms with van der Waals surface area (Å²) in [4.78, 5) is 0. The lowest BCUT2D eigenvalue weighted by Crippen LogP contribution is -2.09. The Morgan fingerprint density at radius 3 is 2.47 bits per heavy atom. The molecular weight excluding hydrogens is 273 g/mol. The zero-order valence-electron chi connectivity index (χ0n) is 7.81. The van der Waals surface area contributed by atoms with Gasteiger partial charge >= 0.3 is 6.18 Å². The lowest BCUT2D eigenvalue weighted by atomic mass is 10.0. The zero-order valence-corrected chi connectivity index (χ0v) is 9.40. The molecule has 0 aromatic heterocycles. The van der Waals surface area contributed by atoms with Gasteiger partial charge in [0, 0.05) is 11.1 Å². The van der Waals surface area contributed by atoms with Gasteiger partial charge in [0.2, 0.25) is 0 Å². The van der Waals surface area contributed by atoms with Crippen LogP contribution in [-0.4, -0.2) is 11.7 Å². The smallest absolute Gasteiger partial charge is 0.396 e. The minimum absolute atomic E-state index is 0.104. The van der Waals surface area contributed by atoms with E-state index in [-0.39, 0.29) is 18.6 Å². The van der Waals surface area contributed by atoms with Crippen LogP contribution in [0.4, 0.5) is 13.2 Å². The summed E-state index contributed by atoms with van der Waals surface area (Å²) < 4.78 is 38.1. The predicted molar refractivity (Wildman–Crippen MR) is 54.6 cm³/mol. The molecule has 0 heterocycles. The van der Waals surface area contributed by atoms with Gasteiger partial charge in [0.05, 0.1) is 5.56 Å². The molecule has 0 saturated heterocycles. The second kappa shape index (κ2) is 4.99. The molecular formula is C10H10BrF3O. The van der Waals surface area contributed by atoms with Crippen LogP contribution in [-0.2, 0) is 12.6 Å². The van der Waals surface area contributed by atoms with Crippen LogP contribution in [0.3, 0.4) is 0 Å². The number of halogens is 4. The van der Waals surface area contributed by atoms with Gasteiger partial charge in [-0.1, -0.05) is 22.0 Å². The van der Waals surface area contributed by atoms with Crippen molar-refractivity contribution < 1.29 is 18.3 Å². The summed E-state index contributed by atoms with van der Waals surface area (Å²) in [5.41, 5.74) is -0.412. The van der Waals surface area contributed by atoms with Crippen LogP contribution < -0.4 is 0 Å². The highest BCUT2D eigenvalue weighted by molar-refractivity contribution is 9.10. The van der Waals surface area contributed by atoms with Crippen molar-refractivity contribution in [3.05, 3.63) is 33.8 Å². The first-order chi connectivity index (χ1) is 6.95. The number of hydrogen-bond acceptors (Lipinski definition) is 1. The molecule has 1 rings (SSSR count). The molecule has 0 unspecified atom stereocenters. The Morgan fingerprint density at radius 1 is 1.27 bits per heavy atom. The largest absolute Gasteiger partial charge is 0.416 e. The van der Waals surface area contributed by atoms with Crippen LogP contribution in [0, 0.1) is 0 Å². The molecule has 0 saturated carbocycles. The van der Waals surface area contributed by atoms with Gasteiger partial charge < -0.3 is 5.11 Å². The van der Waals surface area contributed by atoms with Crippen molar-refractivity contribution in [3.8, 4) is 0 Å². The Labute approximate surface area is 94.0 Å². The standard InChI is InChI=1S/C10H10BrF3O/c11-8-4-3-7(2-1-5-15)9(6-8)10(12,13)14/h3-4,6,15H,1-2,5H2. The van der Waals surface area contributed by atoms with Gasteiger partial charge in [-0.2, -0.15) is 13.2 Å². The molecule has 5 heteroatoms. The highest BCUT2D eigenvalue weighted by atomic mass is 79.9. The minimum Gasteiger partial charge on any atom is -0.396 e. The predicted octanol–water partition coefficient (Wildman–Crippen LogP) is 3.39. The van der Waals surface area contributed by atoms with Gasteiger partial charge in [-0.05, 0) is 30.5 Å². The van der Waals surface area contributed by atoms with E-state index in [1.54, 1.807) is 6.07 Å². The van der Waals surface area contributed by atoms with Crippen molar-refractivity contribution >= 4 is 15.9 Å². The van der Waals surface area contributed by atoms with E-state index in [1.165, 1.54) is 6.07 Å². The van der Waals surface area contributed by atoms with Crippen molar-refractivity contribution in [2.24, 2.45) is 0 Å². The van der Waals surface area contributed by atoms with Gasteiger partial charge in [0.25, 0.3) is 0 Å². The average molecular weight is 283 g/mol. The maximum Gasteiger partial charge on any atom is 0.416 e. The summed E-state index contributed by atoms with van der Waals surface area (Å²) in [7, 11) is 0. The van der Waals surface area contributed by atoms with E-state index < -0.39 is 11.7 Å². The first kappa shape index (κ1) is 12.5. The van der Waals surface area contributed by atoms with Gasteiger partial charge in [-0.25, -0.2) is 0 Å². The lowest BCUT2D eigenvalue weighted by molar-refractivity contribution is -0.138. The second-order valence-corrected chi connectivity index (χ2v) is 4.04. The molecule has 0 spiro atoms. The van der Waals surface area contributed by atoms with E-state index in [9.17, 15) is 13.2 Å². The summed E-state index contributed by atoms with van der Waals surface area (Å²) >= 11 is 3.01. The highest BCUT2D eigenvalue weighted by Crippen LogP contribution is 2.34. The third kappa shape index (κ3) is 3.50. The molecule has 0 bridgehead atoms. The molecule has 0 amide bonds. The maximum atomic E-state index is 12.6. The SMILES string of the molecule is OCCCc1ccc(Br)cc1C(F)(F)F. The number of rotatable bonds is 3. The topological polar surface area (TPSA) is 20.2 Å². The number of aliphatic hydroxyl groups is 1. The molecule has 0 fully saturated rings. The average Bonchev–Trinajstić information content (AvgIpc) is 2.14. The Kier molecular flexibility index (Phi) is 4.16. The van der Waals surface area contributed by atoms with E-state index >= 15 is 0 Å². The molecule has 0 atom stereocenters. The second-order valence-electron chi connectivity index (χ2n) is 3.13. The first-order valence-electron chi connectivity index (χ1n) is 4.41. The van der Waals surface area contributed by atoms with Crippen LogP contribution in [0.5, 0.6) is 0 Å². The molecule has 84 valence electrons. The Morgan fingerprint density at radius 2 is 1.93 bits per heavy atom. The van der Waals surface area contributed by atoms with E-state index in [1.807, 2.05) is 0 Å². The zero-order chi connectivity index (χ0) is 11.5. The summed E-state index contributed by atoms with van der Waals surface area (Å²) in [6.45, 7) is -0.104. The molecule has 1 nitrogen and oxygen atoms in total. The summed E-state index contributed by atoms with van der Waals surface area (Å²) in [5.74, 6) is 0. The Bertz CT molecular complexity index is 336. The maximum absolute atomic E-state index is 12.6. The Hall–Kier alpha value is -0.550. The van der Waals surface area contributed by atoms with Gasteiger partial charge in [0.15, 0.2) is 0 Å². The molecule has 15 heavy (non-hydrogen) atoms. The molecule has 1 aromatic rings. The summed E-state index contributed by atoms with van der Waals surface area (Å²) in [6.07, 6.45) is -3.77. The molecule has 0 radical (unpaired) electrons. The minimum atomic E-state index is -4.34. The fourth-order valence-electron chi connectivity index (χ4n) is 1.30. The van der Waals surface area contributed by atoms with Crippen molar-refractivity contribution in [3.63, 3.8) is 0 Å². The van der Waals surface area contributed by atoms with E-state index in [2.05, 4.69) is 15.9 Å². The molecule has 1 N–H and O–H groups in total. The Balaban J connectivity index is 3.04. The lowest BCUT2D eigenvalue weighted by Gasteiger charge is -2.12. The van der Waals surface area contributed by atoms with E-state index in [4.69, 9.17) is 5.11 Å². The van der Waals surface area contributed by atoms with Crippen molar-refractivity contribution in [2.45, 2.75) is 19.0 Å². The third-order valence-corrected chi connectivity index (χ3v) is 2.47. The summed E-state index contributed by atoms with van der Waals surface area (Å²) in [5, 5.41) is 8.59. The third-order valence-electron chi connectivity index (χ3n) is 1.98. The van der Waals surface area contributed by atoms with Crippen molar-refractivity contribution in [1.29, 1.82) is 0 Å². The van der Waals surface area contributed by atoms with Crippen LogP contribution in [0.25, 0.3) is 0 Å². The number of benzene rings is 1. The fourth-order valence-corrected chi connectivity index (χ4v) is 1.66. The van der Waals surface area contributed by atoms with E-state index in [0.29, 0.717) is 10.9 Å². The van der Waals surface area contributed by atoms with Gasteiger partial charge in [-0.3, -0.25) is 0 Å². The van der Waals surface area contributed by atoms with Crippen LogP contribution in [0.15, 0.2) is 22.7 Å². The molecule has 0 aliphatic heterocycles. The molecule has 1 aromatic carbocycles. The number of hydrogen-bond donors (Lipinski definition) is 1. The number of alkyl halides is 3. The summed E-state index contributed by atoms with van der Waals surface area (Å²) in [6, 6.07) is 4.07. The monoisotopic (exact) mass is 282 g/mol. The van der Waals surface area contributed by atoms with Crippen molar-refractivity contribution in [1.82, 2.24) is 0 Å². The quantitative estimate of drug-likeness (QED) is 0.901. The number of aliphatic hydroxyl groups excluding tert-OH is 1. The van der Waals surface area contributed by atoms with Crippen molar-refractivity contribution in [2.75, 3.05) is 6.61 Å². The van der Waals surface area contributed by atoms with E-state index in [0.717, 1.165) is 6.07 Å². The van der Waals surface area contributed by atoms with Crippen LogP contribution in [0.2, 0.25) is 0 Å². The molecule has 0 aliphatic rings. The van der Waals surface area contributed by atoms with Gasteiger partial charge in [-0.15, -0.1) is 0 Å². The van der Waals surface area contributed by atoms with Crippen LogP contribution >= 0.6 is 15.9 Å². The van der Waals surface area contributed by atoms with Crippen LogP contribution in [0.1, 0.15) is 17.5 Å². The molecule has 0 aliphatic carbocycles. The first-order valence-corrected chi connectivity index (χ1v) is 5.21. The number of aryl methyl sites for hydroxylation is 1. The fraction of sp³-hybridized carbons (Fsp3) is 0.400. The normalized spacial score (nSPS) is 11.8. The van der Waals surface area contributed by atoms with Gasteiger partial charge in [0.1, 0.15) is 0 Å². The highest BCUT2D eigenvalue weighted by Gasteiger charge is 2.33.